The Bertz CT molecular complexity index is 722. The lowest BCUT2D eigenvalue weighted by atomic mass is 10.1. The fourth-order valence-corrected chi connectivity index (χ4v) is 2.17. The third kappa shape index (κ3) is 3.78. The number of hydrogen-bond acceptors (Lipinski definition) is 2. The van der Waals surface area contributed by atoms with E-state index in [1.807, 2.05) is 13.0 Å². The monoisotopic (exact) mass is 288 g/mol. The Labute approximate surface area is 122 Å². The van der Waals surface area contributed by atoms with Crippen molar-refractivity contribution >= 4 is 5.91 Å². The summed E-state index contributed by atoms with van der Waals surface area (Å²) < 4.78 is 13.5. The molecule has 0 radical (unpaired) electrons. The highest BCUT2D eigenvalue weighted by Gasteiger charge is 2.10. The van der Waals surface area contributed by atoms with Crippen molar-refractivity contribution in [1.82, 2.24) is 10.3 Å². The first-order chi connectivity index (χ1) is 9.97. The van der Waals surface area contributed by atoms with Gasteiger partial charge in [-0.2, -0.15) is 0 Å². The predicted octanol–water partition coefficient (Wildman–Crippen LogP) is 1.99. The van der Waals surface area contributed by atoms with Crippen LogP contribution in [0.4, 0.5) is 4.39 Å². The average molecular weight is 288 g/mol. The van der Waals surface area contributed by atoms with Crippen LogP contribution in [0.2, 0.25) is 0 Å². The topological polar surface area (TPSA) is 62.0 Å². The van der Waals surface area contributed by atoms with Crippen molar-refractivity contribution in [3.8, 4) is 0 Å². The third-order valence-electron chi connectivity index (χ3n) is 3.26. The molecule has 1 amide bonds. The number of hydrogen-bond donors (Lipinski definition) is 2. The Balaban J connectivity index is 2.02. The van der Waals surface area contributed by atoms with E-state index in [0.29, 0.717) is 11.1 Å². The number of aryl methyl sites for hydroxylation is 2. The molecule has 5 heteroatoms. The molecule has 0 aliphatic rings. The van der Waals surface area contributed by atoms with Gasteiger partial charge in [0, 0.05) is 17.8 Å². The van der Waals surface area contributed by atoms with Gasteiger partial charge in [-0.25, -0.2) is 4.39 Å². The van der Waals surface area contributed by atoms with Gasteiger partial charge in [-0.1, -0.05) is 18.2 Å². The Morgan fingerprint density at radius 3 is 2.67 bits per heavy atom. The highest BCUT2D eigenvalue weighted by Crippen LogP contribution is 2.07. The molecule has 1 aromatic heterocycles. The summed E-state index contributed by atoms with van der Waals surface area (Å²) in [6.45, 7) is 3.75. The maximum atomic E-state index is 13.5. The van der Waals surface area contributed by atoms with Crippen molar-refractivity contribution in [2.45, 2.75) is 26.8 Å². The second-order valence-corrected chi connectivity index (χ2v) is 4.99. The minimum atomic E-state index is -0.406. The molecule has 0 aliphatic carbocycles. The van der Waals surface area contributed by atoms with Crippen molar-refractivity contribution in [3.63, 3.8) is 0 Å². The lowest BCUT2D eigenvalue weighted by Gasteiger charge is -2.08. The van der Waals surface area contributed by atoms with Crippen LogP contribution in [0.25, 0.3) is 0 Å². The SMILES string of the molecule is Cc1cc(C)c(CNC(=O)Cc2ccccc2F)c(=O)[nH]1. The molecule has 21 heavy (non-hydrogen) atoms. The van der Waals surface area contributed by atoms with Crippen LogP contribution in [0, 0.1) is 19.7 Å². The van der Waals surface area contributed by atoms with Crippen LogP contribution in [-0.2, 0) is 17.8 Å². The number of halogens is 1. The molecule has 0 fully saturated rings. The van der Waals surface area contributed by atoms with E-state index in [9.17, 15) is 14.0 Å². The number of pyridine rings is 1. The highest BCUT2D eigenvalue weighted by molar-refractivity contribution is 5.78. The van der Waals surface area contributed by atoms with E-state index in [-0.39, 0.29) is 24.4 Å². The summed E-state index contributed by atoms with van der Waals surface area (Å²) in [4.78, 5) is 26.4. The summed E-state index contributed by atoms with van der Waals surface area (Å²) in [7, 11) is 0. The zero-order valence-electron chi connectivity index (χ0n) is 12.0. The molecule has 1 heterocycles. The molecule has 0 bridgehead atoms. The number of nitrogens with one attached hydrogen (secondary N) is 2. The fourth-order valence-electron chi connectivity index (χ4n) is 2.17. The molecular formula is C16H17FN2O2. The molecular weight excluding hydrogens is 271 g/mol. The standard InChI is InChI=1S/C16H17FN2O2/c1-10-7-11(2)19-16(21)13(10)9-18-15(20)8-12-5-3-4-6-14(12)17/h3-7H,8-9H2,1-2H3,(H,18,20)(H,19,21). The lowest BCUT2D eigenvalue weighted by Crippen LogP contribution is -2.29. The van der Waals surface area contributed by atoms with E-state index in [1.54, 1.807) is 25.1 Å². The summed E-state index contributed by atoms with van der Waals surface area (Å²) in [6.07, 6.45) is -0.0461. The predicted molar refractivity (Wildman–Crippen MR) is 78.5 cm³/mol. The molecule has 2 rings (SSSR count). The zero-order chi connectivity index (χ0) is 15.4. The molecule has 0 saturated heterocycles. The van der Waals surface area contributed by atoms with E-state index >= 15 is 0 Å². The van der Waals surface area contributed by atoms with Crippen molar-refractivity contribution in [1.29, 1.82) is 0 Å². The number of aromatic nitrogens is 1. The first-order valence-corrected chi connectivity index (χ1v) is 6.67. The van der Waals surface area contributed by atoms with Crippen LogP contribution in [0.5, 0.6) is 0 Å². The molecule has 1 aromatic carbocycles. The number of aromatic amines is 1. The quantitative estimate of drug-likeness (QED) is 0.903. The summed E-state index contributed by atoms with van der Waals surface area (Å²) >= 11 is 0. The molecule has 110 valence electrons. The first-order valence-electron chi connectivity index (χ1n) is 6.67. The van der Waals surface area contributed by atoms with Crippen molar-refractivity contribution in [2.24, 2.45) is 0 Å². The number of carbonyl (C=O) groups is 1. The van der Waals surface area contributed by atoms with Crippen LogP contribution >= 0.6 is 0 Å². The smallest absolute Gasteiger partial charge is 0.253 e. The van der Waals surface area contributed by atoms with Gasteiger partial charge >= 0.3 is 0 Å². The molecule has 0 saturated carbocycles. The second kappa shape index (κ2) is 6.35. The normalized spacial score (nSPS) is 10.4. The van der Waals surface area contributed by atoms with E-state index in [4.69, 9.17) is 0 Å². The van der Waals surface area contributed by atoms with Gasteiger partial charge < -0.3 is 10.3 Å². The van der Waals surface area contributed by atoms with Gasteiger partial charge in [0.15, 0.2) is 0 Å². The maximum Gasteiger partial charge on any atom is 0.253 e. The Morgan fingerprint density at radius 2 is 2.00 bits per heavy atom. The number of carbonyl (C=O) groups excluding carboxylic acids is 1. The van der Waals surface area contributed by atoms with Crippen LogP contribution in [0.15, 0.2) is 35.1 Å². The summed E-state index contributed by atoms with van der Waals surface area (Å²) in [6, 6.07) is 7.99. The molecule has 2 aromatic rings. The average Bonchev–Trinajstić information content (AvgIpc) is 2.40. The fraction of sp³-hybridized carbons (Fsp3) is 0.250. The highest BCUT2D eigenvalue weighted by atomic mass is 19.1. The summed E-state index contributed by atoms with van der Waals surface area (Å²) in [5.41, 5.74) is 2.24. The van der Waals surface area contributed by atoms with Gasteiger partial charge in [-0.15, -0.1) is 0 Å². The molecule has 2 N–H and O–H groups in total. The van der Waals surface area contributed by atoms with E-state index in [1.165, 1.54) is 6.07 Å². The van der Waals surface area contributed by atoms with E-state index in [2.05, 4.69) is 10.3 Å². The third-order valence-corrected chi connectivity index (χ3v) is 3.26. The Morgan fingerprint density at radius 1 is 1.29 bits per heavy atom. The van der Waals surface area contributed by atoms with Crippen LogP contribution in [0.3, 0.4) is 0 Å². The van der Waals surface area contributed by atoms with Gasteiger partial charge in [0.1, 0.15) is 5.82 Å². The Kier molecular flexibility index (Phi) is 4.52. The largest absolute Gasteiger partial charge is 0.352 e. The van der Waals surface area contributed by atoms with Gasteiger partial charge in [0.05, 0.1) is 6.42 Å². The minimum absolute atomic E-state index is 0.0461. The van der Waals surface area contributed by atoms with Crippen LogP contribution < -0.4 is 10.9 Å². The second-order valence-electron chi connectivity index (χ2n) is 4.99. The number of amides is 1. The lowest BCUT2D eigenvalue weighted by molar-refractivity contribution is -0.120. The van der Waals surface area contributed by atoms with Gasteiger partial charge in [0.25, 0.3) is 5.56 Å². The van der Waals surface area contributed by atoms with Crippen molar-refractivity contribution in [2.75, 3.05) is 0 Å². The maximum absolute atomic E-state index is 13.5. The Hall–Kier alpha value is -2.43. The van der Waals surface area contributed by atoms with Gasteiger partial charge in [-0.05, 0) is 37.1 Å². The first kappa shape index (κ1) is 15.0. The molecule has 0 spiro atoms. The zero-order valence-corrected chi connectivity index (χ0v) is 12.0. The molecule has 0 unspecified atom stereocenters. The minimum Gasteiger partial charge on any atom is -0.352 e. The molecule has 4 nitrogen and oxygen atoms in total. The number of H-pyrrole nitrogens is 1. The van der Waals surface area contributed by atoms with Crippen molar-refractivity contribution in [3.05, 3.63) is 68.9 Å². The van der Waals surface area contributed by atoms with Crippen LogP contribution in [-0.4, -0.2) is 10.9 Å². The van der Waals surface area contributed by atoms with Gasteiger partial charge in [0.2, 0.25) is 5.91 Å². The van der Waals surface area contributed by atoms with Crippen LogP contribution in [0.1, 0.15) is 22.4 Å². The number of rotatable bonds is 4. The van der Waals surface area contributed by atoms with E-state index < -0.39 is 5.82 Å². The van der Waals surface area contributed by atoms with Gasteiger partial charge in [-0.3, -0.25) is 9.59 Å². The molecule has 0 aliphatic heterocycles. The van der Waals surface area contributed by atoms with Crippen molar-refractivity contribution < 1.29 is 9.18 Å². The number of benzene rings is 1. The summed E-state index contributed by atoms with van der Waals surface area (Å²) in [5.74, 6) is -0.725. The van der Waals surface area contributed by atoms with E-state index in [0.717, 1.165) is 11.3 Å². The summed E-state index contributed by atoms with van der Waals surface area (Å²) in [5, 5.41) is 2.65. The molecule has 0 atom stereocenters.